The molecule has 0 saturated carbocycles. The topological polar surface area (TPSA) is 118 Å². The van der Waals surface area contributed by atoms with Gasteiger partial charge in [0.1, 0.15) is 29.0 Å². The molecule has 0 unspecified atom stereocenters. The number of likely N-dealkylation sites (N-methyl/N-ethyl adjacent to an activating group) is 1. The number of alkyl halides is 3. The summed E-state index contributed by atoms with van der Waals surface area (Å²) in [5.74, 6) is -5.63. The number of pyridine rings is 1. The highest BCUT2D eigenvalue weighted by Gasteiger charge is 2.51. The van der Waals surface area contributed by atoms with Gasteiger partial charge in [-0.05, 0) is 52.0 Å². The maximum absolute atomic E-state index is 14.8. The number of nitrogens with one attached hydrogen (secondary N) is 1. The van der Waals surface area contributed by atoms with Crippen molar-refractivity contribution in [3.8, 4) is 0 Å². The molecule has 1 aliphatic heterocycles. The zero-order valence-electron chi connectivity index (χ0n) is 22.6. The van der Waals surface area contributed by atoms with Gasteiger partial charge in [0.2, 0.25) is 5.91 Å². The Hall–Kier alpha value is -4.23. The Morgan fingerprint density at radius 1 is 1.15 bits per heavy atom. The summed E-state index contributed by atoms with van der Waals surface area (Å²) in [6.07, 6.45) is -6.36. The molecule has 14 heteroatoms. The number of carbonyl (C=O) groups excluding carboxylic acids is 4. The first-order valence-electron chi connectivity index (χ1n) is 12.0. The molecule has 2 atom stereocenters. The maximum atomic E-state index is 14.8. The van der Waals surface area contributed by atoms with Gasteiger partial charge in [-0.3, -0.25) is 24.6 Å². The van der Waals surface area contributed by atoms with E-state index in [9.17, 15) is 36.7 Å². The lowest BCUT2D eigenvalue weighted by Gasteiger charge is -2.31. The molecule has 40 heavy (non-hydrogen) atoms. The minimum absolute atomic E-state index is 0.0901. The fraction of sp³-hybridized carbons (Fsp3) is 0.423. The molecule has 0 radical (unpaired) electrons. The summed E-state index contributed by atoms with van der Waals surface area (Å²) in [4.78, 5) is 57.5. The Morgan fingerprint density at radius 2 is 1.80 bits per heavy atom. The monoisotopic (exact) mass is 568 g/mol. The average molecular weight is 569 g/mol. The summed E-state index contributed by atoms with van der Waals surface area (Å²) in [6.45, 7) is 6.05. The van der Waals surface area contributed by atoms with Gasteiger partial charge in [-0.2, -0.15) is 13.2 Å². The van der Waals surface area contributed by atoms with Crippen LogP contribution in [0.4, 0.5) is 39.5 Å². The Balaban J connectivity index is 2.09. The van der Waals surface area contributed by atoms with E-state index in [0.717, 1.165) is 24.1 Å². The number of anilines is 3. The SMILES string of the molecule is COC(=O)[C@H]1CC(=O)N(c2cc(C(F)(F)F)cc(C)n2)[C@@H]1C(=O)N(C)c1cccc(F)c1NC(=O)OC(C)(C)C. The molecule has 3 amide bonds. The molecule has 0 spiro atoms. The van der Waals surface area contributed by atoms with Crippen LogP contribution in [0.15, 0.2) is 30.3 Å². The van der Waals surface area contributed by atoms with E-state index in [4.69, 9.17) is 9.47 Å². The van der Waals surface area contributed by atoms with E-state index in [1.807, 2.05) is 0 Å². The van der Waals surface area contributed by atoms with E-state index in [1.54, 1.807) is 20.8 Å². The highest BCUT2D eigenvalue weighted by molar-refractivity contribution is 6.12. The van der Waals surface area contributed by atoms with Crippen LogP contribution >= 0.6 is 0 Å². The summed E-state index contributed by atoms with van der Waals surface area (Å²) in [5, 5.41) is 2.25. The van der Waals surface area contributed by atoms with Crippen molar-refractivity contribution in [2.24, 2.45) is 5.92 Å². The predicted molar refractivity (Wildman–Crippen MR) is 135 cm³/mol. The fourth-order valence-electron chi connectivity index (χ4n) is 4.23. The van der Waals surface area contributed by atoms with Crippen LogP contribution in [0.5, 0.6) is 0 Å². The van der Waals surface area contributed by atoms with Gasteiger partial charge in [0.05, 0.1) is 24.3 Å². The summed E-state index contributed by atoms with van der Waals surface area (Å²) in [7, 11) is 2.22. The number of halogens is 4. The van der Waals surface area contributed by atoms with Crippen molar-refractivity contribution >= 4 is 41.1 Å². The van der Waals surface area contributed by atoms with E-state index in [2.05, 4.69) is 10.3 Å². The summed E-state index contributed by atoms with van der Waals surface area (Å²) in [5.41, 5.74) is -2.74. The van der Waals surface area contributed by atoms with Gasteiger partial charge in [0.15, 0.2) is 0 Å². The van der Waals surface area contributed by atoms with E-state index >= 15 is 0 Å². The summed E-state index contributed by atoms with van der Waals surface area (Å²) < 4.78 is 65.3. The number of carbonyl (C=O) groups is 4. The number of esters is 1. The maximum Gasteiger partial charge on any atom is 0.416 e. The minimum atomic E-state index is -4.78. The number of hydrogen-bond acceptors (Lipinski definition) is 7. The zero-order chi connectivity index (χ0) is 30.2. The van der Waals surface area contributed by atoms with Gasteiger partial charge in [0, 0.05) is 19.2 Å². The van der Waals surface area contributed by atoms with Crippen LogP contribution in [0.3, 0.4) is 0 Å². The standard InChI is InChI=1S/C26H28F4N4O6/c1-13-10-14(26(28,29)30)11-18(31-13)34-19(35)12-15(23(37)39-6)21(34)22(36)33(5)17-9-7-8-16(27)20(17)32-24(38)40-25(2,3)4/h7-11,15,21H,12H2,1-6H3,(H,32,38)/t15-,21-/m0/s1. The third-order valence-corrected chi connectivity index (χ3v) is 5.90. The van der Waals surface area contributed by atoms with E-state index in [-0.39, 0.29) is 11.4 Å². The number of methoxy groups -OCH3 is 1. The van der Waals surface area contributed by atoms with Crippen molar-refractivity contribution < 1.29 is 46.2 Å². The molecule has 1 aliphatic rings. The largest absolute Gasteiger partial charge is 0.469 e. The van der Waals surface area contributed by atoms with Crippen LogP contribution in [0, 0.1) is 18.7 Å². The van der Waals surface area contributed by atoms with Crippen molar-refractivity contribution in [1.29, 1.82) is 0 Å². The van der Waals surface area contributed by atoms with Crippen molar-refractivity contribution in [2.45, 2.75) is 51.9 Å². The van der Waals surface area contributed by atoms with Crippen molar-refractivity contribution in [3.05, 3.63) is 47.4 Å². The van der Waals surface area contributed by atoms with Gasteiger partial charge < -0.3 is 14.4 Å². The van der Waals surface area contributed by atoms with Crippen LogP contribution in [-0.2, 0) is 30.0 Å². The Morgan fingerprint density at radius 3 is 2.38 bits per heavy atom. The first-order chi connectivity index (χ1) is 18.4. The highest BCUT2D eigenvalue weighted by atomic mass is 19.4. The van der Waals surface area contributed by atoms with Crippen molar-refractivity contribution in [1.82, 2.24) is 4.98 Å². The molecule has 1 fully saturated rings. The van der Waals surface area contributed by atoms with Gasteiger partial charge in [-0.25, -0.2) is 14.2 Å². The van der Waals surface area contributed by atoms with Crippen LogP contribution < -0.4 is 15.1 Å². The van der Waals surface area contributed by atoms with Gasteiger partial charge in [0.25, 0.3) is 5.91 Å². The lowest BCUT2D eigenvalue weighted by atomic mass is 9.98. The number of aromatic nitrogens is 1. The van der Waals surface area contributed by atoms with Crippen LogP contribution in [0.1, 0.15) is 38.4 Å². The third kappa shape index (κ3) is 6.49. The molecular formula is C26H28F4N4O6. The van der Waals surface area contributed by atoms with E-state index in [1.165, 1.54) is 26.1 Å². The minimum Gasteiger partial charge on any atom is -0.469 e. The average Bonchev–Trinajstić information content (AvgIpc) is 3.18. The molecule has 1 saturated heterocycles. The zero-order valence-corrected chi connectivity index (χ0v) is 22.6. The second kappa shape index (κ2) is 11.1. The van der Waals surface area contributed by atoms with Crippen LogP contribution in [0.25, 0.3) is 0 Å². The van der Waals surface area contributed by atoms with Crippen molar-refractivity contribution in [2.75, 3.05) is 29.3 Å². The van der Waals surface area contributed by atoms with Gasteiger partial charge >= 0.3 is 18.2 Å². The molecule has 2 heterocycles. The van der Waals surface area contributed by atoms with Crippen LogP contribution in [0.2, 0.25) is 0 Å². The van der Waals surface area contributed by atoms with Gasteiger partial charge in [-0.15, -0.1) is 0 Å². The molecule has 0 bridgehead atoms. The number of aryl methyl sites for hydroxylation is 1. The van der Waals surface area contributed by atoms with Crippen molar-refractivity contribution in [3.63, 3.8) is 0 Å². The second-order valence-electron chi connectivity index (χ2n) is 10.1. The second-order valence-corrected chi connectivity index (χ2v) is 10.1. The first kappa shape index (κ1) is 30.3. The molecule has 0 aliphatic carbocycles. The number of rotatable bonds is 5. The smallest absolute Gasteiger partial charge is 0.416 e. The quantitative estimate of drug-likeness (QED) is 0.418. The molecule has 1 aromatic carbocycles. The molecule has 1 aromatic heterocycles. The van der Waals surface area contributed by atoms with E-state index < -0.39 is 76.9 Å². The van der Waals surface area contributed by atoms with E-state index in [0.29, 0.717) is 11.0 Å². The number of benzene rings is 1. The summed E-state index contributed by atoms with van der Waals surface area (Å²) >= 11 is 0. The highest BCUT2D eigenvalue weighted by Crippen LogP contribution is 2.38. The first-order valence-corrected chi connectivity index (χ1v) is 12.0. The lowest BCUT2D eigenvalue weighted by molar-refractivity contribution is -0.147. The number of ether oxygens (including phenoxy) is 2. The molecule has 2 aromatic rings. The molecular weight excluding hydrogens is 540 g/mol. The number of amides is 3. The fourth-order valence-corrected chi connectivity index (χ4v) is 4.23. The number of para-hydroxylation sites is 1. The lowest BCUT2D eigenvalue weighted by Crippen LogP contribution is -2.50. The van der Waals surface area contributed by atoms with Gasteiger partial charge in [-0.1, -0.05) is 6.07 Å². The molecule has 10 nitrogen and oxygen atoms in total. The normalized spacial score (nSPS) is 17.4. The molecule has 3 rings (SSSR count). The Kier molecular flexibility index (Phi) is 8.41. The molecule has 1 N–H and O–H groups in total. The summed E-state index contributed by atoms with van der Waals surface area (Å²) in [6, 6.07) is 3.23. The Bertz CT molecular complexity index is 1340. The van der Waals surface area contributed by atoms with Crippen LogP contribution in [-0.4, -0.2) is 54.7 Å². The third-order valence-electron chi connectivity index (χ3n) is 5.90. The number of nitrogens with zero attached hydrogens (tertiary/aromatic N) is 3. The number of hydrogen-bond donors (Lipinski definition) is 1. The predicted octanol–water partition coefficient (Wildman–Crippen LogP) is 4.45. The Labute approximate surface area is 227 Å². The molecule has 216 valence electrons.